The van der Waals surface area contributed by atoms with Gasteiger partial charge in [0, 0.05) is 6.04 Å². The highest BCUT2D eigenvalue weighted by Crippen LogP contribution is 2.07. The van der Waals surface area contributed by atoms with E-state index in [2.05, 4.69) is 20.0 Å². The third-order valence-electron chi connectivity index (χ3n) is 2.03. The summed E-state index contributed by atoms with van der Waals surface area (Å²) in [5, 5.41) is 16.3. The van der Waals surface area contributed by atoms with Gasteiger partial charge in [-0.05, 0) is 20.8 Å². The summed E-state index contributed by atoms with van der Waals surface area (Å²) < 4.78 is 4.57. The summed E-state index contributed by atoms with van der Waals surface area (Å²) in [5.41, 5.74) is -0.746. The zero-order chi connectivity index (χ0) is 9.90. The van der Waals surface area contributed by atoms with Crippen molar-refractivity contribution in [3.63, 3.8) is 0 Å². The zero-order valence-electron chi connectivity index (χ0n) is 8.11. The fourth-order valence-corrected chi connectivity index (χ4v) is 0.764. The molecule has 0 spiro atoms. The SMILES string of the molecule is CC(NCc1ncon1)C(C)(C)O. The smallest absolute Gasteiger partial charge is 0.213 e. The van der Waals surface area contributed by atoms with Gasteiger partial charge in [-0.2, -0.15) is 4.98 Å². The van der Waals surface area contributed by atoms with E-state index in [9.17, 15) is 5.11 Å². The number of hydrogen-bond donors (Lipinski definition) is 2. The van der Waals surface area contributed by atoms with Crippen LogP contribution in [0.5, 0.6) is 0 Å². The highest BCUT2D eigenvalue weighted by Gasteiger charge is 2.21. The predicted octanol–water partition coefficient (Wildman–Crippen LogP) is 0.319. The van der Waals surface area contributed by atoms with Gasteiger partial charge < -0.3 is 14.9 Å². The first-order valence-corrected chi connectivity index (χ1v) is 4.21. The predicted molar refractivity (Wildman–Crippen MR) is 46.9 cm³/mol. The van der Waals surface area contributed by atoms with E-state index in [4.69, 9.17) is 0 Å². The topological polar surface area (TPSA) is 71.2 Å². The first-order valence-electron chi connectivity index (χ1n) is 4.21. The van der Waals surface area contributed by atoms with E-state index in [1.54, 1.807) is 13.8 Å². The van der Waals surface area contributed by atoms with Crippen LogP contribution in [0.3, 0.4) is 0 Å². The van der Waals surface area contributed by atoms with Gasteiger partial charge in [-0.1, -0.05) is 5.16 Å². The van der Waals surface area contributed by atoms with E-state index in [1.165, 1.54) is 6.39 Å². The van der Waals surface area contributed by atoms with Crippen molar-refractivity contribution in [2.45, 2.75) is 39.0 Å². The van der Waals surface area contributed by atoms with Gasteiger partial charge in [0.1, 0.15) is 0 Å². The molecule has 1 rings (SSSR count). The maximum Gasteiger partial charge on any atom is 0.213 e. The van der Waals surface area contributed by atoms with Crippen molar-refractivity contribution in [1.29, 1.82) is 0 Å². The van der Waals surface area contributed by atoms with E-state index < -0.39 is 5.60 Å². The molecule has 1 aromatic heterocycles. The molecule has 0 saturated carbocycles. The van der Waals surface area contributed by atoms with Crippen LogP contribution < -0.4 is 5.32 Å². The first-order chi connectivity index (χ1) is 6.00. The highest BCUT2D eigenvalue weighted by atomic mass is 16.5. The van der Waals surface area contributed by atoms with Crippen LogP contribution in [0.1, 0.15) is 26.6 Å². The molecule has 0 fully saturated rings. The highest BCUT2D eigenvalue weighted by molar-refractivity contribution is 4.83. The van der Waals surface area contributed by atoms with Crippen molar-refractivity contribution in [2.24, 2.45) is 0 Å². The van der Waals surface area contributed by atoms with Crippen LogP contribution in [0.15, 0.2) is 10.9 Å². The van der Waals surface area contributed by atoms with E-state index in [-0.39, 0.29) is 6.04 Å². The molecule has 1 heterocycles. The van der Waals surface area contributed by atoms with Crippen molar-refractivity contribution in [3.05, 3.63) is 12.2 Å². The average molecular weight is 185 g/mol. The van der Waals surface area contributed by atoms with Gasteiger partial charge in [-0.25, -0.2) is 0 Å². The summed E-state index contributed by atoms with van der Waals surface area (Å²) >= 11 is 0. The Morgan fingerprint density at radius 3 is 2.85 bits per heavy atom. The Morgan fingerprint density at radius 2 is 2.38 bits per heavy atom. The molecule has 0 aliphatic heterocycles. The molecule has 1 atom stereocenters. The fraction of sp³-hybridized carbons (Fsp3) is 0.750. The van der Waals surface area contributed by atoms with Crippen LogP contribution in [0, 0.1) is 0 Å². The second-order valence-electron chi connectivity index (χ2n) is 3.60. The standard InChI is InChI=1S/C8H15N3O2/c1-6(8(2,3)12)9-4-7-10-5-13-11-7/h5-6,9,12H,4H2,1-3H3. The van der Waals surface area contributed by atoms with E-state index in [0.29, 0.717) is 12.4 Å². The third kappa shape index (κ3) is 3.12. The number of rotatable bonds is 4. The lowest BCUT2D eigenvalue weighted by atomic mass is 10.0. The van der Waals surface area contributed by atoms with Crippen molar-refractivity contribution in [3.8, 4) is 0 Å². The Hall–Kier alpha value is -0.940. The summed E-state index contributed by atoms with van der Waals surface area (Å²) in [7, 11) is 0. The molecule has 1 aromatic rings. The van der Waals surface area contributed by atoms with Crippen molar-refractivity contribution >= 4 is 0 Å². The Morgan fingerprint density at radius 1 is 1.69 bits per heavy atom. The van der Waals surface area contributed by atoms with Gasteiger partial charge in [0.05, 0.1) is 12.1 Å². The normalized spacial score (nSPS) is 14.5. The van der Waals surface area contributed by atoms with Gasteiger partial charge in [0.25, 0.3) is 0 Å². The third-order valence-corrected chi connectivity index (χ3v) is 2.03. The van der Waals surface area contributed by atoms with Gasteiger partial charge >= 0.3 is 0 Å². The van der Waals surface area contributed by atoms with Crippen LogP contribution >= 0.6 is 0 Å². The summed E-state index contributed by atoms with van der Waals surface area (Å²) in [6.45, 7) is 5.91. The molecule has 0 aromatic carbocycles. The van der Waals surface area contributed by atoms with Gasteiger partial charge in [0.15, 0.2) is 5.82 Å². The number of aromatic nitrogens is 2. The van der Waals surface area contributed by atoms with Crippen LogP contribution in [-0.4, -0.2) is 26.9 Å². The minimum atomic E-state index is -0.746. The second-order valence-corrected chi connectivity index (χ2v) is 3.60. The molecule has 0 bridgehead atoms. The molecule has 0 saturated heterocycles. The van der Waals surface area contributed by atoms with E-state index >= 15 is 0 Å². The van der Waals surface area contributed by atoms with Gasteiger partial charge in [-0.15, -0.1) is 0 Å². The van der Waals surface area contributed by atoms with Crippen LogP contribution in [0.2, 0.25) is 0 Å². The number of nitrogens with zero attached hydrogens (tertiary/aromatic N) is 2. The molecule has 5 nitrogen and oxygen atoms in total. The molecule has 13 heavy (non-hydrogen) atoms. The molecule has 0 radical (unpaired) electrons. The quantitative estimate of drug-likeness (QED) is 0.706. The lowest BCUT2D eigenvalue weighted by Crippen LogP contribution is -2.44. The van der Waals surface area contributed by atoms with Gasteiger partial charge in [-0.3, -0.25) is 0 Å². The molecule has 74 valence electrons. The molecule has 0 aliphatic carbocycles. The van der Waals surface area contributed by atoms with Crippen molar-refractivity contribution in [1.82, 2.24) is 15.5 Å². The Balaban J connectivity index is 2.35. The van der Waals surface area contributed by atoms with Crippen LogP contribution in [-0.2, 0) is 6.54 Å². The van der Waals surface area contributed by atoms with Crippen LogP contribution in [0.25, 0.3) is 0 Å². The Bertz CT molecular complexity index is 240. The van der Waals surface area contributed by atoms with Crippen LogP contribution in [0.4, 0.5) is 0 Å². The Kier molecular flexibility index (Phi) is 3.00. The molecule has 2 N–H and O–H groups in total. The number of nitrogens with one attached hydrogen (secondary N) is 1. The Labute approximate surface area is 77.2 Å². The molecule has 1 unspecified atom stereocenters. The summed E-state index contributed by atoms with van der Waals surface area (Å²) in [6.07, 6.45) is 1.28. The maximum atomic E-state index is 9.59. The minimum absolute atomic E-state index is 0.0222. The minimum Gasteiger partial charge on any atom is -0.389 e. The summed E-state index contributed by atoms with van der Waals surface area (Å²) in [4.78, 5) is 3.85. The molecule has 0 amide bonds. The molecular formula is C8H15N3O2. The number of hydrogen-bond acceptors (Lipinski definition) is 5. The maximum absolute atomic E-state index is 9.59. The molecule has 5 heteroatoms. The van der Waals surface area contributed by atoms with E-state index in [0.717, 1.165) is 0 Å². The average Bonchev–Trinajstić information content (AvgIpc) is 2.50. The lowest BCUT2D eigenvalue weighted by molar-refractivity contribution is 0.0434. The fourth-order valence-electron chi connectivity index (χ4n) is 0.764. The lowest BCUT2D eigenvalue weighted by Gasteiger charge is -2.26. The van der Waals surface area contributed by atoms with E-state index in [1.807, 2.05) is 6.92 Å². The largest absolute Gasteiger partial charge is 0.389 e. The monoisotopic (exact) mass is 185 g/mol. The summed E-state index contributed by atoms with van der Waals surface area (Å²) in [5.74, 6) is 0.594. The molecule has 0 aliphatic rings. The zero-order valence-corrected chi connectivity index (χ0v) is 8.11. The second kappa shape index (κ2) is 3.85. The summed E-state index contributed by atoms with van der Waals surface area (Å²) in [6, 6.07) is -0.0222. The molecular weight excluding hydrogens is 170 g/mol. The number of aliphatic hydroxyl groups is 1. The van der Waals surface area contributed by atoms with Crippen molar-refractivity contribution < 1.29 is 9.63 Å². The van der Waals surface area contributed by atoms with Crippen molar-refractivity contribution in [2.75, 3.05) is 0 Å². The van der Waals surface area contributed by atoms with Gasteiger partial charge in [0.2, 0.25) is 6.39 Å². The first kappa shape index (κ1) is 10.1.